The van der Waals surface area contributed by atoms with E-state index < -0.39 is 0 Å². The highest BCUT2D eigenvalue weighted by atomic mass is 32.1. The number of aryl methyl sites for hydroxylation is 1. The van der Waals surface area contributed by atoms with Crippen LogP contribution in [0.25, 0.3) is 0 Å². The van der Waals surface area contributed by atoms with Gasteiger partial charge in [0, 0.05) is 0 Å². The average molecular weight is 303 g/mol. The minimum atomic E-state index is 0.206. The lowest BCUT2D eigenvalue weighted by molar-refractivity contribution is 0.625. The third-order valence-electron chi connectivity index (χ3n) is 3.52. The molecule has 0 spiro atoms. The first-order valence-corrected chi connectivity index (χ1v) is 8.56. The summed E-state index contributed by atoms with van der Waals surface area (Å²) in [5.41, 5.74) is 3.83. The molecular formula is C17H25N3S. The summed E-state index contributed by atoms with van der Waals surface area (Å²) in [6.07, 6.45) is 2.05. The number of aromatic nitrogens is 2. The van der Waals surface area contributed by atoms with Gasteiger partial charge in [0.2, 0.25) is 0 Å². The van der Waals surface area contributed by atoms with Crippen molar-refractivity contribution in [2.24, 2.45) is 5.92 Å². The van der Waals surface area contributed by atoms with Gasteiger partial charge in [0.15, 0.2) is 0 Å². The highest BCUT2D eigenvalue weighted by Crippen LogP contribution is 2.28. The van der Waals surface area contributed by atoms with E-state index in [1.165, 1.54) is 27.5 Å². The van der Waals surface area contributed by atoms with Gasteiger partial charge >= 0.3 is 0 Å². The Balaban J connectivity index is 2.34. The van der Waals surface area contributed by atoms with E-state index in [1.807, 2.05) is 0 Å². The van der Waals surface area contributed by atoms with Gasteiger partial charge < -0.3 is 5.32 Å². The highest BCUT2D eigenvalue weighted by molar-refractivity contribution is 7.05. The largest absolute Gasteiger partial charge is 0.306 e. The second-order valence-electron chi connectivity index (χ2n) is 5.77. The lowest BCUT2D eigenvalue weighted by atomic mass is 9.97. The molecule has 1 aromatic heterocycles. The van der Waals surface area contributed by atoms with Gasteiger partial charge in [0.05, 0.1) is 16.6 Å². The van der Waals surface area contributed by atoms with E-state index >= 15 is 0 Å². The third-order valence-corrected chi connectivity index (χ3v) is 4.35. The maximum absolute atomic E-state index is 4.26. The molecule has 0 saturated carbocycles. The highest BCUT2D eigenvalue weighted by Gasteiger charge is 2.19. The first-order chi connectivity index (χ1) is 10.2. The molecule has 1 unspecified atom stereocenters. The van der Waals surface area contributed by atoms with Crippen LogP contribution in [0.4, 0.5) is 0 Å². The van der Waals surface area contributed by atoms with Crippen molar-refractivity contribution < 1.29 is 0 Å². The van der Waals surface area contributed by atoms with Crippen LogP contribution in [0, 0.1) is 5.92 Å². The molecule has 0 fully saturated rings. The van der Waals surface area contributed by atoms with Crippen LogP contribution in [-0.4, -0.2) is 16.1 Å². The fourth-order valence-electron chi connectivity index (χ4n) is 2.62. The molecule has 1 heterocycles. The van der Waals surface area contributed by atoms with Crippen LogP contribution >= 0.6 is 11.5 Å². The smallest absolute Gasteiger partial charge is 0.0804 e. The lowest BCUT2D eigenvalue weighted by Gasteiger charge is -2.18. The van der Waals surface area contributed by atoms with Crippen molar-refractivity contribution in [1.82, 2.24) is 14.9 Å². The normalized spacial score (nSPS) is 12.8. The molecule has 1 atom stereocenters. The zero-order chi connectivity index (χ0) is 15.2. The van der Waals surface area contributed by atoms with E-state index in [-0.39, 0.29) is 6.04 Å². The Bertz CT molecular complexity index is 563. The van der Waals surface area contributed by atoms with Crippen molar-refractivity contribution in [1.29, 1.82) is 0 Å². The number of benzene rings is 1. The quantitative estimate of drug-likeness (QED) is 0.840. The molecule has 1 N–H and O–H groups in total. The van der Waals surface area contributed by atoms with Crippen LogP contribution in [0.5, 0.6) is 0 Å². The van der Waals surface area contributed by atoms with Crippen molar-refractivity contribution in [3.63, 3.8) is 0 Å². The van der Waals surface area contributed by atoms with E-state index in [0.29, 0.717) is 5.92 Å². The molecule has 0 amide bonds. The van der Waals surface area contributed by atoms with Gasteiger partial charge in [-0.1, -0.05) is 56.4 Å². The van der Waals surface area contributed by atoms with Crippen molar-refractivity contribution in [3.05, 3.63) is 46.0 Å². The van der Waals surface area contributed by atoms with Crippen LogP contribution in [0.2, 0.25) is 0 Å². The summed E-state index contributed by atoms with van der Waals surface area (Å²) in [5, 5.41) is 7.85. The van der Waals surface area contributed by atoms with Crippen molar-refractivity contribution >= 4 is 11.5 Å². The number of hydrogen-bond acceptors (Lipinski definition) is 4. The number of nitrogens with zero attached hydrogens (tertiary/aromatic N) is 2. The molecule has 2 aromatic rings. The van der Waals surface area contributed by atoms with Crippen molar-refractivity contribution in [2.45, 2.75) is 46.6 Å². The Morgan fingerprint density at radius 1 is 1.24 bits per heavy atom. The monoisotopic (exact) mass is 303 g/mol. The maximum Gasteiger partial charge on any atom is 0.0804 e. The number of hydrogen-bond donors (Lipinski definition) is 1. The van der Waals surface area contributed by atoms with Crippen LogP contribution < -0.4 is 5.32 Å². The maximum atomic E-state index is 4.26. The Hall–Kier alpha value is -1.26. The second-order valence-corrected chi connectivity index (χ2v) is 6.56. The molecule has 0 aliphatic carbocycles. The fourth-order valence-corrected chi connectivity index (χ4v) is 3.46. The van der Waals surface area contributed by atoms with Crippen LogP contribution in [0.1, 0.15) is 55.4 Å². The Labute approximate surface area is 132 Å². The summed E-state index contributed by atoms with van der Waals surface area (Å²) in [7, 11) is 0. The van der Waals surface area contributed by atoms with E-state index in [1.54, 1.807) is 0 Å². The van der Waals surface area contributed by atoms with Crippen LogP contribution in [-0.2, 0) is 12.8 Å². The average Bonchev–Trinajstić information content (AvgIpc) is 2.92. The minimum absolute atomic E-state index is 0.206. The van der Waals surface area contributed by atoms with E-state index in [2.05, 4.69) is 66.9 Å². The fraction of sp³-hybridized carbons (Fsp3) is 0.529. The lowest BCUT2D eigenvalue weighted by Crippen LogP contribution is -2.22. The standard InChI is InChI=1S/C17H25N3S/c1-5-15-17(21-20-19-15)16(18-6-2)14-9-7-8-13(11-14)10-12(3)4/h7-9,11-12,16,18H,5-6,10H2,1-4H3. The topological polar surface area (TPSA) is 37.8 Å². The molecule has 21 heavy (non-hydrogen) atoms. The predicted octanol–water partition coefficient (Wildman–Crippen LogP) is 4.00. The van der Waals surface area contributed by atoms with Gasteiger partial charge in [0.25, 0.3) is 0 Å². The van der Waals surface area contributed by atoms with Gasteiger partial charge in [-0.25, -0.2) is 0 Å². The zero-order valence-electron chi connectivity index (χ0n) is 13.4. The van der Waals surface area contributed by atoms with Crippen LogP contribution in [0.15, 0.2) is 24.3 Å². The number of nitrogens with one attached hydrogen (secondary N) is 1. The van der Waals surface area contributed by atoms with Gasteiger partial charge in [-0.3, -0.25) is 0 Å². The molecule has 0 aliphatic rings. The molecule has 114 valence electrons. The summed E-state index contributed by atoms with van der Waals surface area (Å²) in [5.74, 6) is 0.675. The minimum Gasteiger partial charge on any atom is -0.306 e. The van der Waals surface area contributed by atoms with Gasteiger partial charge in [-0.2, -0.15) is 0 Å². The van der Waals surface area contributed by atoms with E-state index in [9.17, 15) is 0 Å². The zero-order valence-corrected chi connectivity index (χ0v) is 14.2. The Morgan fingerprint density at radius 2 is 2.05 bits per heavy atom. The van der Waals surface area contributed by atoms with Crippen LogP contribution in [0.3, 0.4) is 0 Å². The summed E-state index contributed by atoms with van der Waals surface area (Å²) in [6.45, 7) is 9.73. The molecule has 0 saturated heterocycles. The van der Waals surface area contributed by atoms with Gasteiger partial charge in [0.1, 0.15) is 0 Å². The molecule has 0 bridgehead atoms. The van der Waals surface area contributed by atoms with Crippen molar-refractivity contribution in [2.75, 3.05) is 6.54 Å². The molecule has 3 nitrogen and oxygen atoms in total. The number of rotatable bonds is 7. The summed E-state index contributed by atoms with van der Waals surface area (Å²) in [6, 6.07) is 9.12. The molecule has 2 rings (SSSR count). The molecule has 0 aliphatic heterocycles. The molecular weight excluding hydrogens is 278 g/mol. The van der Waals surface area contributed by atoms with E-state index in [0.717, 1.165) is 25.1 Å². The Kier molecular flexibility index (Phi) is 5.88. The second kappa shape index (κ2) is 7.66. The SMILES string of the molecule is CCNC(c1cccc(CC(C)C)c1)c1snnc1CC. The third kappa shape index (κ3) is 4.11. The summed E-state index contributed by atoms with van der Waals surface area (Å²) < 4.78 is 4.14. The van der Waals surface area contributed by atoms with E-state index in [4.69, 9.17) is 0 Å². The molecule has 4 heteroatoms. The summed E-state index contributed by atoms with van der Waals surface area (Å²) >= 11 is 1.51. The molecule has 1 aromatic carbocycles. The van der Waals surface area contributed by atoms with Gasteiger partial charge in [-0.15, -0.1) is 5.10 Å². The Morgan fingerprint density at radius 3 is 2.71 bits per heavy atom. The summed E-state index contributed by atoms with van der Waals surface area (Å²) in [4.78, 5) is 1.25. The van der Waals surface area contributed by atoms with Gasteiger partial charge in [-0.05, 0) is 48.0 Å². The first-order valence-electron chi connectivity index (χ1n) is 7.79. The molecule has 0 radical (unpaired) electrons. The predicted molar refractivity (Wildman–Crippen MR) is 89.8 cm³/mol. The van der Waals surface area contributed by atoms with Crippen molar-refractivity contribution in [3.8, 4) is 0 Å². The first kappa shape index (κ1) is 16.1.